The summed E-state index contributed by atoms with van der Waals surface area (Å²) in [5.41, 5.74) is 0.373. The second-order valence-electron chi connectivity index (χ2n) is 7.97. The van der Waals surface area contributed by atoms with E-state index in [-0.39, 0.29) is 17.4 Å². The van der Waals surface area contributed by atoms with Crippen LogP contribution < -0.4 is 5.32 Å². The SMILES string of the molecule is CC(C)CCC(=O)N1CC2(C1)OCC[C@H]2CCNC(=O)c1ccnn1C. The van der Waals surface area contributed by atoms with Crippen LogP contribution in [0.4, 0.5) is 0 Å². The van der Waals surface area contributed by atoms with Gasteiger partial charge in [0.2, 0.25) is 5.91 Å². The number of hydrogen-bond donors (Lipinski definition) is 1. The van der Waals surface area contributed by atoms with Gasteiger partial charge in [-0.05, 0) is 37.2 Å². The van der Waals surface area contributed by atoms with Crippen LogP contribution in [0.2, 0.25) is 0 Å². The van der Waals surface area contributed by atoms with Crippen molar-refractivity contribution in [1.82, 2.24) is 20.0 Å². The van der Waals surface area contributed by atoms with Gasteiger partial charge in [-0.1, -0.05) is 13.8 Å². The van der Waals surface area contributed by atoms with E-state index in [1.807, 2.05) is 4.90 Å². The smallest absolute Gasteiger partial charge is 0.269 e. The minimum absolute atomic E-state index is 0.0999. The number of nitrogens with zero attached hydrogens (tertiary/aromatic N) is 3. The molecular formula is C19H30N4O3. The van der Waals surface area contributed by atoms with Crippen molar-refractivity contribution in [1.29, 1.82) is 0 Å². The molecule has 2 fully saturated rings. The standard InChI is InChI=1S/C19H30N4O3/c1-14(2)4-5-17(24)23-12-19(13-23)15(8-11-26-19)6-9-20-18(25)16-7-10-21-22(16)3/h7,10,14-15H,4-6,8-9,11-13H2,1-3H3,(H,20,25)/t15-/m1/s1. The van der Waals surface area contributed by atoms with Crippen molar-refractivity contribution in [2.45, 2.75) is 45.1 Å². The zero-order valence-corrected chi connectivity index (χ0v) is 16.0. The van der Waals surface area contributed by atoms with Crippen LogP contribution in [-0.4, -0.2) is 58.3 Å². The third kappa shape index (κ3) is 3.92. The molecule has 2 amide bonds. The van der Waals surface area contributed by atoms with E-state index >= 15 is 0 Å². The minimum atomic E-state index is -0.190. The van der Waals surface area contributed by atoms with E-state index in [1.165, 1.54) is 0 Å². The molecular weight excluding hydrogens is 332 g/mol. The highest BCUT2D eigenvalue weighted by Crippen LogP contribution is 2.41. The zero-order chi connectivity index (χ0) is 18.7. The number of hydrogen-bond acceptors (Lipinski definition) is 4. The number of carbonyl (C=O) groups is 2. The average Bonchev–Trinajstić information content (AvgIpc) is 3.17. The van der Waals surface area contributed by atoms with Gasteiger partial charge in [0.1, 0.15) is 11.3 Å². The van der Waals surface area contributed by atoms with E-state index in [0.717, 1.165) is 25.9 Å². The first-order chi connectivity index (χ1) is 12.4. The molecule has 2 saturated heterocycles. The van der Waals surface area contributed by atoms with Gasteiger partial charge in [0.25, 0.3) is 5.91 Å². The van der Waals surface area contributed by atoms with Gasteiger partial charge in [-0.3, -0.25) is 14.3 Å². The van der Waals surface area contributed by atoms with Crippen molar-refractivity contribution < 1.29 is 14.3 Å². The van der Waals surface area contributed by atoms with Gasteiger partial charge < -0.3 is 15.0 Å². The highest BCUT2D eigenvalue weighted by atomic mass is 16.5. The Morgan fingerprint density at radius 3 is 2.85 bits per heavy atom. The van der Waals surface area contributed by atoms with Gasteiger partial charge in [0.05, 0.1) is 13.1 Å². The Hall–Kier alpha value is -1.89. The highest BCUT2D eigenvalue weighted by Gasteiger charge is 2.53. The summed E-state index contributed by atoms with van der Waals surface area (Å²) < 4.78 is 7.59. The van der Waals surface area contributed by atoms with Crippen LogP contribution in [0.3, 0.4) is 0 Å². The highest BCUT2D eigenvalue weighted by molar-refractivity contribution is 5.92. The molecule has 2 aliphatic heterocycles. The third-order valence-electron chi connectivity index (χ3n) is 5.64. The molecule has 0 unspecified atom stereocenters. The van der Waals surface area contributed by atoms with Crippen LogP contribution in [0.1, 0.15) is 50.0 Å². The zero-order valence-electron chi connectivity index (χ0n) is 16.0. The van der Waals surface area contributed by atoms with E-state index in [1.54, 1.807) is 24.0 Å². The number of aryl methyl sites for hydroxylation is 1. The predicted molar refractivity (Wildman–Crippen MR) is 97.6 cm³/mol. The van der Waals surface area contributed by atoms with E-state index in [2.05, 4.69) is 24.3 Å². The van der Waals surface area contributed by atoms with Crippen molar-refractivity contribution in [2.24, 2.45) is 18.9 Å². The molecule has 0 saturated carbocycles. The average molecular weight is 362 g/mol. The maximum atomic E-state index is 12.2. The van der Waals surface area contributed by atoms with Crippen LogP contribution in [0.25, 0.3) is 0 Å². The lowest BCUT2D eigenvalue weighted by molar-refractivity contribution is -0.165. The molecule has 3 heterocycles. The van der Waals surface area contributed by atoms with Crippen LogP contribution in [0, 0.1) is 11.8 Å². The van der Waals surface area contributed by atoms with E-state index in [0.29, 0.717) is 43.6 Å². The van der Waals surface area contributed by atoms with Gasteiger partial charge in [0.15, 0.2) is 0 Å². The Labute approximate surface area is 155 Å². The van der Waals surface area contributed by atoms with Crippen molar-refractivity contribution in [3.8, 4) is 0 Å². The van der Waals surface area contributed by atoms with Gasteiger partial charge >= 0.3 is 0 Å². The summed E-state index contributed by atoms with van der Waals surface area (Å²) in [6.45, 7) is 7.03. The van der Waals surface area contributed by atoms with E-state index < -0.39 is 0 Å². The number of carbonyl (C=O) groups excluding carboxylic acids is 2. The quantitative estimate of drug-likeness (QED) is 0.799. The molecule has 26 heavy (non-hydrogen) atoms. The molecule has 7 heteroatoms. The Morgan fingerprint density at radius 2 is 2.19 bits per heavy atom. The van der Waals surface area contributed by atoms with Crippen LogP contribution in [0.5, 0.6) is 0 Å². The molecule has 1 aromatic rings. The molecule has 0 bridgehead atoms. The molecule has 0 radical (unpaired) electrons. The fraction of sp³-hybridized carbons (Fsp3) is 0.737. The molecule has 144 valence electrons. The Kier molecular flexibility index (Phi) is 5.65. The summed E-state index contributed by atoms with van der Waals surface area (Å²) in [6.07, 6.45) is 5.05. The Morgan fingerprint density at radius 1 is 1.42 bits per heavy atom. The molecule has 2 aliphatic rings. The van der Waals surface area contributed by atoms with Crippen molar-refractivity contribution in [3.05, 3.63) is 18.0 Å². The van der Waals surface area contributed by atoms with Gasteiger partial charge in [-0.25, -0.2) is 0 Å². The first kappa shape index (κ1) is 18.9. The fourth-order valence-electron chi connectivity index (χ4n) is 3.94. The Bertz CT molecular complexity index is 649. The second-order valence-corrected chi connectivity index (χ2v) is 7.97. The van der Waals surface area contributed by atoms with E-state index in [4.69, 9.17) is 4.74 Å². The summed E-state index contributed by atoms with van der Waals surface area (Å²) in [7, 11) is 1.76. The largest absolute Gasteiger partial charge is 0.371 e. The molecule has 0 aliphatic carbocycles. The first-order valence-corrected chi connectivity index (χ1v) is 9.59. The van der Waals surface area contributed by atoms with Gasteiger partial charge in [-0.15, -0.1) is 0 Å². The van der Waals surface area contributed by atoms with E-state index in [9.17, 15) is 9.59 Å². The second kappa shape index (κ2) is 7.78. The summed E-state index contributed by atoms with van der Waals surface area (Å²) in [6, 6.07) is 1.71. The summed E-state index contributed by atoms with van der Waals surface area (Å²) in [4.78, 5) is 26.3. The summed E-state index contributed by atoms with van der Waals surface area (Å²) in [5.74, 6) is 1.08. The lowest BCUT2D eigenvalue weighted by Gasteiger charge is -2.50. The number of ether oxygens (including phenoxy) is 1. The first-order valence-electron chi connectivity index (χ1n) is 9.59. The molecule has 7 nitrogen and oxygen atoms in total. The maximum absolute atomic E-state index is 12.2. The van der Waals surface area contributed by atoms with Crippen LogP contribution in [0.15, 0.2) is 12.3 Å². The Balaban J connectivity index is 1.44. The van der Waals surface area contributed by atoms with Gasteiger partial charge in [0, 0.05) is 32.8 Å². The monoisotopic (exact) mass is 362 g/mol. The lowest BCUT2D eigenvalue weighted by Crippen LogP contribution is -2.66. The molecule has 1 atom stereocenters. The van der Waals surface area contributed by atoms with Crippen LogP contribution >= 0.6 is 0 Å². The number of aromatic nitrogens is 2. The fourth-order valence-corrected chi connectivity index (χ4v) is 3.94. The maximum Gasteiger partial charge on any atom is 0.269 e. The lowest BCUT2D eigenvalue weighted by atomic mass is 9.78. The third-order valence-corrected chi connectivity index (χ3v) is 5.64. The molecule has 1 N–H and O–H groups in total. The topological polar surface area (TPSA) is 76.5 Å². The molecule has 3 rings (SSSR count). The van der Waals surface area contributed by atoms with Crippen molar-refractivity contribution >= 4 is 11.8 Å². The molecule has 1 spiro atoms. The van der Waals surface area contributed by atoms with Crippen LogP contribution in [-0.2, 0) is 16.6 Å². The predicted octanol–water partition coefficient (Wildman–Crippen LogP) is 1.59. The normalized spacial score (nSPS) is 21.2. The minimum Gasteiger partial charge on any atom is -0.371 e. The number of nitrogens with one attached hydrogen (secondary N) is 1. The molecule has 0 aromatic carbocycles. The number of amides is 2. The molecule has 1 aromatic heterocycles. The number of likely N-dealkylation sites (tertiary alicyclic amines) is 1. The van der Waals surface area contributed by atoms with Gasteiger partial charge in [-0.2, -0.15) is 5.10 Å². The van der Waals surface area contributed by atoms with Crippen molar-refractivity contribution in [3.63, 3.8) is 0 Å². The summed E-state index contributed by atoms with van der Waals surface area (Å²) in [5, 5.41) is 6.99. The number of rotatable bonds is 7. The van der Waals surface area contributed by atoms with Crippen molar-refractivity contribution in [2.75, 3.05) is 26.2 Å². The summed E-state index contributed by atoms with van der Waals surface area (Å²) >= 11 is 0.